The summed E-state index contributed by atoms with van der Waals surface area (Å²) in [5.41, 5.74) is 1.88. The fourth-order valence-electron chi connectivity index (χ4n) is 3.35. The van der Waals surface area contributed by atoms with E-state index in [1.807, 2.05) is 35.8 Å². The van der Waals surface area contributed by atoms with Gasteiger partial charge in [-0.25, -0.2) is 9.97 Å². The number of fused-ring (bicyclic) bond motifs is 1. The van der Waals surface area contributed by atoms with Crippen LogP contribution in [0.3, 0.4) is 0 Å². The maximum atomic E-state index is 13.1. The maximum absolute atomic E-state index is 13.1. The van der Waals surface area contributed by atoms with Crippen LogP contribution in [0.25, 0.3) is 16.9 Å². The minimum Gasteiger partial charge on any atom is -0.339 e. The fraction of sp³-hybridized carbons (Fsp3) is 0.190. The van der Waals surface area contributed by atoms with Gasteiger partial charge in [-0.1, -0.05) is 19.1 Å². The van der Waals surface area contributed by atoms with E-state index < -0.39 is 11.7 Å². The molecule has 0 amide bonds. The summed E-state index contributed by atoms with van der Waals surface area (Å²) in [6.45, 7) is 3.58. The third-order valence-corrected chi connectivity index (χ3v) is 4.64. The second-order valence-electron chi connectivity index (χ2n) is 6.59. The Bertz CT molecular complexity index is 1180. The molecule has 0 unspecified atom stereocenters. The highest BCUT2D eigenvalue weighted by Gasteiger charge is 2.32. The lowest BCUT2D eigenvalue weighted by atomic mass is 10.0. The van der Waals surface area contributed by atoms with Crippen molar-refractivity contribution < 1.29 is 13.2 Å². The molecule has 29 heavy (non-hydrogen) atoms. The third kappa shape index (κ3) is 3.65. The molecule has 0 bridgehead atoms. The van der Waals surface area contributed by atoms with Gasteiger partial charge < -0.3 is 5.32 Å². The number of alkyl halides is 3. The van der Waals surface area contributed by atoms with E-state index in [9.17, 15) is 13.2 Å². The molecule has 2 heterocycles. The van der Waals surface area contributed by atoms with E-state index in [2.05, 4.69) is 20.3 Å². The average Bonchev–Trinajstić information content (AvgIpc) is 3.03. The molecule has 0 aliphatic heterocycles. The number of aromatic nitrogens is 4. The maximum Gasteiger partial charge on any atom is 0.416 e. The predicted octanol–water partition coefficient (Wildman–Crippen LogP) is 5.45. The Morgan fingerprint density at radius 3 is 2.59 bits per heavy atom. The lowest BCUT2D eigenvalue weighted by Gasteiger charge is -2.14. The Labute approximate surface area is 165 Å². The first-order valence-electron chi connectivity index (χ1n) is 9.10. The highest BCUT2D eigenvalue weighted by Crippen LogP contribution is 2.34. The molecule has 0 radical (unpaired) electrons. The Morgan fingerprint density at radius 2 is 1.83 bits per heavy atom. The molecule has 0 aliphatic rings. The van der Waals surface area contributed by atoms with E-state index in [-0.39, 0.29) is 12.0 Å². The van der Waals surface area contributed by atoms with Crippen LogP contribution < -0.4 is 5.32 Å². The number of benzene rings is 2. The molecule has 8 heteroatoms. The molecule has 5 nitrogen and oxygen atoms in total. The Kier molecular flexibility index (Phi) is 4.70. The minimum atomic E-state index is -4.37. The highest BCUT2D eigenvalue weighted by atomic mass is 19.4. The van der Waals surface area contributed by atoms with Crippen LogP contribution in [0.5, 0.6) is 0 Å². The summed E-state index contributed by atoms with van der Waals surface area (Å²) >= 11 is 0. The lowest BCUT2D eigenvalue weighted by Crippen LogP contribution is -2.09. The van der Waals surface area contributed by atoms with E-state index in [0.29, 0.717) is 17.3 Å². The molecule has 0 atom stereocenters. The molecule has 4 aromatic rings. The van der Waals surface area contributed by atoms with Crippen molar-refractivity contribution in [1.29, 1.82) is 0 Å². The van der Waals surface area contributed by atoms with Gasteiger partial charge in [0.2, 0.25) is 0 Å². The van der Waals surface area contributed by atoms with E-state index in [4.69, 9.17) is 0 Å². The fourth-order valence-corrected chi connectivity index (χ4v) is 3.35. The zero-order valence-electron chi connectivity index (χ0n) is 15.8. The monoisotopic (exact) mass is 397 g/mol. The van der Waals surface area contributed by atoms with Crippen LogP contribution >= 0.6 is 0 Å². The molecule has 0 saturated heterocycles. The number of halogens is 3. The van der Waals surface area contributed by atoms with Crippen molar-refractivity contribution in [3.63, 3.8) is 0 Å². The first-order chi connectivity index (χ1) is 13.9. The van der Waals surface area contributed by atoms with Gasteiger partial charge in [0.05, 0.1) is 29.0 Å². The molecule has 148 valence electrons. The van der Waals surface area contributed by atoms with Gasteiger partial charge in [-0.15, -0.1) is 0 Å². The smallest absolute Gasteiger partial charge is 0.339 e. The number of hydrogen-bond donors (Lipinski definition) is 1. The Balaban J connectivity index is 1.69. The summed E-state index contributed by atoms with van der Waals surface area (Å²) < 4.78 is 41.2. The number of rotatable bonds is 4. The Morgan fingerprint density at radius 1 is 1.03 bits per heavy atom. The molecule has 0 spiro atoms. The number of para-hydroxylation sites is 2. The van der Waals surface area contributed by atoms with Crippen molar-refractivity contribution in [3.05, 3.63) is 71.8 Å². The zero-order chi connectivity index (χ0) is 20.6. The summed E-state index contributed by atoms with van der Waals surface area (Å²) in [6.07, 6.45) is -0.947. The zero-order valence-corrected chi connectivity index (χ0v) is 15.8. The summed E-state index contributed by atoms with van der Waals surface area (Å²) in [6, 6.07) is 11.7. The highest BCUT2D eigenvalue weighted by molar-refractivity contribution is 5.77. The third-order valence-electron chi connectivity index (χ3n) is 4.64. The van der Waals surface area contributed by atoms with E-state index >= 15 is 0 Å². The standard InChI is InChI=1S/C21H18F3N5/c1-3-14-10-15(8-9-16(14)21(22,23)24)27-19-11-25-12-20(28-19)29-13(2)26-17-6-4-5-7-18(17)29/h4-12H,3H2,1-2H3,(H,27,28). The van der Waals surface area contributed by atoms with Gasteiger partial charge >= 0.3 is 6.18 Å². The van der Waals surface area contributed by atoms with Crippen molar-refractivity contribution in [1.82, 2.24) is 19.5 Å². The van der Waals surface area contributed by atoms with Crippen LogP contribution in [-0.2, 0) is 12.6 Å². The first-order valence-corrected chi connectivity index (χ1v) is 9.10. The number of imidazole rings is 1. The van der Waals surface area contributed by atoms with Gasteiger partial charge in [-0.2, -0.15) is 13.2 Å². The van der Waals surface area contributed by atoms with Gasteiger partial charge in [0.25, 0.3) is 0 Å². The molecule has 1 N–H and O–H groups in total. The van der Waals surface area contributed by atoms with Gasteiger partial charge in [-0.05, 0) is 49.2 Å². The largest absolute Gasteiger partial charge is 0.416 e. The van der Waals surface area contributed by atoms with Crippen LogP contribution in [0, 0.1) is 6.92 Å². The van der Waals surface area contributed by atoms with Gasteiger partial charge in [0.15, 0.2) is 11.6 Å². The molecular weight excluding hydrogens is 379 g/mol. The lowest BCUT2D eigenvalue weighted by molar-refractivity contribution is -0.138. The quantitative estimate of drug-likeness (QED) is 0.498. The summed E-state index contributed by atoms with van der Waals surface area (Å²) in [7, 11) is 0. The van der Waals surface area contributed by atoms with Crippen LogP contribution in [0.15, 0.2) is 54.9 Å². The number of anilines is 2. The Hall–Kier alpha value is -3.42. The molecule has 2 aromatic heterocycles. The first kappa shape index (κ1) is 18.9. The number of nitrogens with one attached hydrogen (secondary N) is 1. The molecule has 4 rings (SSSR count). The van der Waals surface area contributed by atoms with E-state index in [1.54, 1.807) is 13.1 Å². The van der Waals surface area contributed by atoms with Crippen LogP contribution in [0.4, 0.5) is 24.7 Å². The van der Waals surface area contributed by atoms with Crippen LogP contribution in [0.1, 0.15) is 23.9 Å². The minimum absolute atomic E-state index is 0.225. The summed E-state index contributed by atoms with van der Waals surface area (Å²) in [5, 5.41) is 3.05. The van der Waals surface area contributed by atoms with Crippen LogP contribution in [0.2, 0.25) is 0 Å². The molecule has 0 aliphatic carbocycles. The second-order valence-corrected chi connectivity index (χ2v) is 6.59. The average molecular weight is 397 g/mol. The van der Waals surface area contributed by atoms with Crippen molar-refractivity contribution in [2.45, 2.75) is 26.4 Å². The van der Waals surface area contributed by atoms with Crippen molar-refractivity contribution >= 4 is 22.5 Å². The normalized spacial score (nSPS) is 11.8. The number of hydrogen-bond acceptors (Lipinski definition) is 4. The number of nitrogens with zero attached hydrogens (tertiary/aromatic N) is 4. The molecule has 0 fully saturated rings. The molecular formula is C21H18F3N5. The molecule has 0 saturated carbocycles. The summed E-state index contributed by atoms with van der Waals surface area (Å²) in [5.74, 6) is 1.77. The molecule has 2 aromatic carbocycles. The van der Waals surface area contributed by atoms with Crippen molar-refractivity contribution in [2.75, 3.05) is 5.32 Å². The topological polar surface area (TPSA) is 55.6 Å². The predicted molar refractivity (Wildman–Crippen MR) is 106 cm³/mol. The SMILES string of the molecule is CCc1cc(Nc2cncc(-n3c(C)nc4ccccc43)n2)ccc1C(F)(F)F. The van der Waals surface area contributed by atoms with Gasteiger partial charge in [0.1, 0.15) is 5.82 Å². The van der Waals surface area contributed by atoms with E-state index in [0.717, 1.165) is 22.9 Å². The van der Waals surface area contributed by atoms with Crippen LogP contribution in [-0.4, -0.2) is 19.5 Å². The van der Waals surface area contributed by atoms with Gasteiger partial charge in [-0.3, -0.25) is 9.55 Å². The van der Waals surface area contributed by atoms with E-state index in [1.165, 1.54) is 18.3 Å². The number of aryl methyl sites for hydroxylation is 2. The van der Waals surface area contributed by atoms with Crippen molar-refractivity contribution in [2.24, 2.45) is 0 Å². The summed E-state index contributed by atoms with van der Waals surface area (Å²) in [4.78, 5) is 13.3. The van der Waals surface area contributed by atoms with Crippen molar-refractivity contribution in [3.8, 4) is 5.82 Å². The second kappa shape index (κ2) is 7.20. The van der Waals surface area contributed by atoms with Gasteiger partial charge in [0, 0.05) is 5.69 Å².